The highest BCUT2D eigenvalue weighted by Crippen LogP contribution is 2.33. The predicted molar refractivity (Wildman–Crippen MR) is 38.0 cm³/mol. The predicted octanol–water partition coefficient (Wildman–Crippen LogP) is 3.27. The number of rotatable bonds is 0. The van der Waals surface area contributed by atoms with Gasteiger partial charge in [-0.2, -0.15) is 13.2 Å². The van der Waals surface area contributed by atoms with Crippen LogP contribution < -0.4 is 0 Å². The van der Waals surface area contributed by atoms with Gasteiger partial charge in [0, 0.05) is 4.47 Å². The molecule has 0 aliphatic rings. The maximum Gasteiger partial charge on any atom is 0.418 e. The van der Waals surface area contributed by atoms with Crippen LogP contribution in [0.25, 0.3) is 0 Å². The molecule has 0 saturated carbocycles. The molecule has 1 radical (unpaired) electrons. The van der Waals surface area contributed by atoms with Gasteiger partial charge in [-0.1, -0.05) is 28.1 Å². The Balaban J connectivity index is 3.14. The van der Waals surface area contributed by atoms with Crippen molar-refractivity contribution < 1.29 is 13.2 Å². The van der Waals surface area contributed by atoms with Crippen LogP contribution in [0.15, 0.2) is 22.7 Å². The molecule has 11 heavy (non-hydrogen) atoms. The first kappa shape index (κ1) is 8.59. The fourth-order valence-electron chi connectivity index (χ4n) is 0.634. The minimum Gasteiger partial charge on any atom is -0.166 e. The molecule has 0 aliphatic carbocycles. The Kier molecular flexibility index (Phi) is 2.23. The lowest BCUT2D eigenvalue weighted by Gasteiger charge is -2.06. The zero-order valence-electron chi connectivity index (χ0n) is 5.24. The van der Waals surface area contributed by atoms with Crippen molar-refractivity contribution in [3.63, 3.8) is 0 Å². The first-order chi connectivity index (χ1) is 5.02. The monoisotopic (exact) mass is 223 g/mol. The summed E-state index contributed by atoms with van der Waals surface area (Å²) in [4.78, 5) is 0. The number of alkyl halides is 3. The van der Waals surface area contributed by atoms with Crippen molar-refractivity contribution in [3.05, 3.63) is 34.3 Å². The van der Waals surface area contributed by atoms with Crippen molar-refractivity contribution in [3.8, 4) is 0 Å². The average Bonchev–Trinajstić information content (AvgIpc) is 1.86. The van der Waals surface area contributed by atoms with E-state index < -0.39 is 11.7 Å². The third-order valence-electron chi connectivity index (χ3n) is 1.09. The van der Waals surface area contributed by atoms with Gasteiger partial charge in [-0.05, 0) is 12.1 Å². The van der Waals surface area contributed by atoms with E-state index >= 15 is 0 Å². The van der Waals surface area contributed by atoms with Gasteiger partial charge in [0.05, 0.1) is 5.56 Å². The summed E-state index contributed by atoms with van der Waals surface area (Å²) in [5.74, 6) is 0. The molecule has 1 aromatic carbocycles. The van der Waals surface area contributed by atoms with Gasteiger partial charge in [-0.25, -0.2) is 0 Å². The van der Waals surface area contributed by atoms with E-state index in [1.807, 2.05) is 0 Å². The SMILES string of the molecule is FC(F)(F)c1[c]cccc1Br. The molecule has 0 nitrogen and oxygen atoms in total. The van der Waals surface area contributed by atoms with Crippen molar-refractivity contribution in [2.24, 2.45) is 0 Å². The number of benzene rings is 1. The Hall–Kier alpha value is -0.510. The average molecular weight is 224 g/mol. The van der Waals surface area contributed by atoms with Crippen molar-refractivity contribution in [2.45, 2.75) is 6.18 Å². The van der Waals surface area contributed by atoms with E-state index in [4.69, 9.17) is 0 Å². The molecule has 4 heteroatoms. The summed E-state index contributed by atoms with van der Waals surface area (Å²) >= 11 is 2.78. The summed E-state index contributed by atoms with van der Waals surface area (Å²) in [6, 6.07) is 6.15. The molecular formula is C7H3BrF3. The second-order valence-corrected chi connectivity index (χ2v) is 2.75. The third kappa shape index (κ3) is 1.96. The van der Waals surface area contributed by atoms with Gasteiger partial charge in [-0.3, -0.25) is 0 Å². The second kappa shape index (κ2) is 2.85. The van der Waals surface area contributed by atoms with Gasteiger partial charge in [-0.15, -0.1) is 0 Å². The van der Waals surface area contributed by atoms with Gasteiger partial charge in [0.25, 0.3) is 0 Å². The first-order valence-electron chi connectivity index (χ1n) is 2.75. The molecule has 0 unspecified atom stereocenters. The lowest BCUT2D eigenvalue weighted by molar-refractivity contribution is -0.138. The summed E-state index contributed by atoms with van der Waals surface area (Å²) in [5, 5.41) is 0. The van der Waals surface area contributed by atoms with Gasteiger partial charge < -0.3 is 0 Å². The quantitative estimate of drug-likeness (QED) is 0.634. The van der Waals surface area contributed by atoms with E-state index in [0.29, 0.717) is 0 Å². The Morgan fingerprint density at radius 1 is 1.36 bits per heavy atom. The molecule has 0 spiro atoms. The van der Waals surface area contributed by atoms with Crippen molar-refractivity contribution in [1.29, 1.82) is 0 Å². The third-order valence-corrected chi connectivity index (χ3v) is 1.75. The van der Waals surface area contributed by atoms with E-state index in [1.165, 1.54) is 18.2 Å². The molecule has 0 aromatic heterocycles. The van der Waals surface area contributed by atoms with E-state index in [2.05, 4.69) is 22.0 Å². The molecule has 0 amide bonds. The van der Waals surface area contributed by atoms with Gasteiger partial charge in [0.1, 0.15) is 0 Å². The van der Waals surface area contributed by atoms with Crippen molar-refractivity contribution >= 4 is 15.9 Å². The van der Waals surface area contributed by atoms with Crippen molar-refractivity contribution in [2.75, 3.05) is 0 Å². The van der Waals surface area contributed by atoms with Crippen molar-refractivity contribution in [1.82, 2.24) is 0 Å². The van der Waals surface area contributed by atoms with Crippen LogP contribution in [0.2, 0.25) is 0 Å². The lowest BCUT2D eigenvalue weighted by Crippen LogP contribution is -2.05. The van der Waals surface area contributed by atoms with Crippen LogP contribution in [0.5, 0.6) is 0 Å². The molecule has 0 fully saturated rings. The molecule has 59 valence electrons. The molecule has 0 bridgehead atoms. The highest BCUT2D eigenvalue weighted by Gasteiger charge is 2.32. The van der Waals surface area contributed by atoms with E-state index in [-0.39, 0.29) is 4.47 Å². The molecule has 0 saturated heterocycles. The van der Waals surface area contributed by atoms with Crippen LogP contribution >= 0.6 is 15.9 Å². The fourth-order valence-corrected chi connectivity index (χ4v) is 1.13. The highest BCUT2D eigenvalue weighted by atomic mass is 79.9. The maximum atomic E-state index is 12.0. The maximum absolute atomic E-state index is 12.0. The standard InChI is InChI=1S/C7H3BrF3/c8-6-4-2-1-3-5(6)7(9,10)11/h1-2,4H. The summed E-state index contributed by atoms with van der Waals surface area (Å²) in [6.07, 6.45) is -4.32. The summed E-state index contributed by atoms with van der Waals surface area (Å²) < 4.78 is 36.0. The van der Waals surface area contributed by atoms with Crippen LogP contribution in [-0.2, 0) is 6.18 Å². The lowest BCUT2D eigenvalue weighted by atomic mass is 10.2. The van der Waals surface area contributed by atoms with Crippen LogP contribution in [0.1, 0.15) is 5.56 Å². The second-order valence-electron chi connectivity index (χ2n) is 1.89. The van der Waals surface area contributed by atoms with E-state index in [0.717, 1.165) is 0 Å². The molecule has 0 heterocycles. The summed E-state index contributed by atoms with van der Waals surface area (Å²) in [5.41, 5.74) is -0.764. The van der Waals surface area contributed by atoms with Crippen LogP contribution in [0.4, 0.5) is 13.2 Å². The minimum absolute atomic E-state index is 0.0208. The zero-order valence-corrected chi connectivity index (χ0v) is 6.83. The largest absolute Gasteiger partial charge is 0.418 e. The van der Waals surface area contributed by atoms with Gasteiger partial charge >= 0.3 is 6.18 Å². The summed E-state index contributed by atoms with van der Waals surface area (Å²) in [7, 11) is 0. The van der Waals surface area contributed by atoms with Gasteiger partial charge in [0.2, 0.25) is 0 Å². The minimum atomic E-state index is -4.32. The Morgan fingerprint density at radius 3 is 2.36 bits per heavy atom. The summed E-state index contributed by atoms with van der Waals surface area (Å²) in [6.45, 7) is 0. The number of hydrogen-bond donors (Lipinski definition) is 0. The smallest absolute Gasteiger partial charge is 0.166 e. The Bertz CT molecular complexity index is 254. The van der Waals surface area contributed by atoms with Gasteiger partial charge in [0.15, 0.2) is 0 Å². The Morgan fingerprint density at radius 2 is 2.00 bits per heavy atom. The fraction of sp³-hybridized carbons (Fsp3) is 0.143. The van der Waals surface area contributed by atoms with Crippen LogP contribution in [0.3, 0.4) is 0 Å². The number of halogens is 4. The normalized spacial score (nSPS) is 11.6. The zero-order chi connectivity index (χ0) is 8.48. The molecule has 0 N–H and O–H groups in total. The molecule has 1 rings (SSSR count). The Labute approximate surface area is 70.2 Å². The van der Waals surface area contributed by atoms with E-state index in [9.17, 15) is 13.2 Å². The molecule has 0 aliphatic heterocycles. The van der Waals surface area contributed by atoms with Crippen LogP contribution in [0, 0.1) is 6.07 Å². The molecule has 0 atom stereocenters. The van der Waals surface area contributed by atoms with E-state index in [1.54, 1.807) is 0 Å². The topological polar surface area (TPSA) is 0 Å². The number of hydrogen-bond acceptors (Lipinski definition) is 0. The molecular weight excluding hydrogens is 221 g/mol. The molecule has 1 aromatic rings. The van der Waals surface area contributed by atoms with Crippen LogP contribution in [-0.4, -0.2) is 0 Å². The highest BCUT2D eigenvalue weighted by molar-refractivity contribution is 9.10. The first-order valence-corrected chi connectivity index (χ1v) is 3.54.